The molecule has 0 bridgehead atoms. The van der Waals surface area contributed by atoms with Crippen LogP contribution in [-0.2, 0) is 9.25 Å². The average Bonchev–Trinajstić information content (AvgIpc) is 2.55. The number of rotatable bonds is 8. The van der Waals surface area contributed by atoms with Crippen molar-refractivity contribution in [1.82, 2.24) is 11.0 Å². The first kappa shape index (κ1) is 16.5. The Hall–Kier alpha value is -0.860. The molecule has 0 aromatic heterocycles. The van der Waals surface area contributed by atoms with Gasteiger partial charge in [0.15, 0.2) is 0 Å². The van der Waals surface area contributed by atoms with Gasteiger partial charge in [0.1, 0.15) is 0 Å². The van der Waals surface area contributed by atoms with Gasteiger partial charge in [0, 0.05) is 30.6 Å². The Labute approximate surface area is 128 Å². The van der Waals surface area contributed by atoms with Crippen molar-refractivity contribution in [3.8, 4) is 0 Å². The molecule has 2 aromatic rings. The van der Waals surface area contributed by atoms with Crippen molar-refractivity contribution in [2.45, 2.75) is 0 Å². The van der Waals surface area contributed by atoms with Gasteiger partial charge < -0.3 is 0 Å². The van der Waals surface area contributed by atoms with E-state index >= 15 is 0 Å². The monoisotopic (exact) mass is 322 g/mol. The molecule has 0 amide bonds. The summed E-state index contributed by atoms with van der Waals surface area (Å²) >= 11 is 0. The maximum absolute atomic E-state index is 5.75. The molecule has 0 heterocycles. The minimum Gasteiger partial charge on any atom is -0.275 e. The fraction of sp³-hybridized carbons (Fsp3) is 0.200. The molecule has 0 aliphatic carbocycles. The third-order valence-electron chi connectivity index (χ3n) is 2.75. The lowest BCUT2D eigenvalue weighted by atomic mass is 10.4. The maximum Gasteiger partial charge on any atom is 0.0928 e. The molecule has 0 unspecified atom stereocenters. The van der Waals surface area contributed by atoms with E-state index in [-0.39, 0.29) is 0 Å². The molecule has 2 aromatic carbocycles. The Kier molecular flexibility index (Phi) is 7.25. The molecule has 0 radical (unpaired) electrons. The van der Waals surface area contributed by atoms with Gasteiger partial charge in [-0.1, -0.05) is 60.7 Å². The highest BCUT2D eigenvalue weighted by Gasteiger charge is 2.21. The molecular weight excluding hydrogens is 302 g/mol. The second-order valence-corrected chi connectivity index (χ2v) is 8.20. The summed E-state index contributed by atoms with van der Waals surface area (Å²) < 4.78 is 11.5. The number of benzene rings is 2. The second kappa shape index (κ2) is 9.22. The summed E-state index contributed by atoms with van der Waals surface area (Å²) in [6.45, 7) is 0. The Balaban J connectivity index is 2.16. The number of hydrogen-bond acceptors (Lipinski definition) is 4. The Morgan fingerprint density at radius 3 is 1.43 bits per heavy atom. The smallest absolute Gasteiger partial charge is 0.0928 e. The molecule has 6 heteroatoms. The second-order valence-electron chi connectivity index (χ2n) is 4.16. The predicted molar refractivity (Wildman–Crippen MR) is 91.1 cm³/mol. The van der Waals surface area contributed by atoms with Crippen LogP contribution in [0, 0.1) is 0 Å². The van der Waals surface area contributed by atoms with Crippen LogP contribution in [-0.4, -0.2) is 20.0 Å². The van der Waals surface area contributed by atoms with E-state index < -0.39 is 16.3 Å². The van der Waals surface area contributed by atoms with Gasteiger partial charge in [-0.3, -0.25) is 9.25 Å². The average molecular weight is 322 g/mol. The zero-order chi connectivity index (χ0) is 14.9. The lowest BCUT2D eigenvalue weighted by Gasteiger charge is -2.23. The quantitative estimate of drug-likeness (QED) is 0.579. The molecule has 0 fully saturated rings. The SMILES string of the molecule is CNO[P@](C[P@@](ONC)c1ccccc1)c1ccccc1. The number of hydrogen-bond donors (Lipinski definition) is 2. The molecule has 21 heavy (non-hydrogen) atoms. The summed E-state index contributed by atoms with van der Waals surface area (Å²) in [5.41, 5.74) is 5.66. The van der Waals surface area contributed by atoms with Crippen LogP contribution in [0.4, 0.5) is 0 Å². The third-order valence-corrected chi connectivity index (χ3v) is 7.36. The van der Waals surface area contributed by atoms with E-state index in [9.17, 15) is 0 Å². The largest absolute Gasteiger partial charge is 0.275 e. The first-order valence-corrected chi connectivity index (χ1v) is 9.56. The number of hydroxylamine groups is 2. The Morgan fingerprint density at radius 2 is 1.10 bits per heavy atom. The normalized spacial score (nSPS) is 13.8. The van der Waals surface area contributed by atoms with Crippen LogP contribution in [0.2, 0.25) is 0 Å². The van der Waals surface area contributed by atoms with Crippen molar-refractivity contribution < 1.29 is 9.25 Å². The van der Waals surface area contributed by atoms with E-state index in [4.69, 9.17) is 9.25 Å². The molecule has 0 saturated carbocycles. The topological polar surface area (TPSA) is 42.5 Å². The van der Waals surface area contributed by atoms with E-state index in [0.717, 1.165) is 5.90 Å². The molecule has 0 aliphatic heterocycles. The predicted octanol–water partition coefficient (Wildman–Crippen LogP) is 2.69. The standard InChI is InChI=1S/C15H20N2O2P2/c1-16-18-20(14-9-5-3-6-10-14)13-21(19-17-2)15-11-7-4-8-12-15/h3-12,16-17H,13H2,1-2H3/t20-,21-/m1/s1. The highest BCUT2D eigenvalue weighted by Crippen LogP contribution is 2.49. The summed E-state index contributed by atoms with van der Waals surface area (Å²) in [5, 5.41) is 2.40. The van der Waals surface area contributed by atoms with Crippen molar-refractivity contribution in [2.24, 2.45) is 0 Å². The van der Waals surface area contributed by atoms with Crippen LogP contribution in [0.3, 0.4) is 0 Å². The molecule has 0 spiro atoms. The highest BCUT2D eigenvalue weighted by atomic mass is 31.2. The Bertz CT molecular complexity index is 466. The van der Waals surface area contributed by atoms with Crippen molar-refractivity contribution in [1.29, 1.82) is 0 Å². The molecule has 0 aliphatic rings. The number of nitrogens with one attached hydrogen (secondary N) is 2. The minimum absolute atomic E-state index is 0.778. The summed E-state index contributed by atoms with van der Waals surface area (Å²) in [7, 11) is 2.03. The molecular formula is C15H20N2O2P2. The summed E-state index contributed by atoms with van der Waals surface area (Å²) in [6, 6.07) is 20.6. The fourth-order valence-corrected chi connectivity index (χ4v) is 6.21. The van der Waals surface area contributed by atoms with Gasteiger partial charge in [0.2, 0.25) is 0 Å². The van der Waals surface area contributed by atoms with Crippen molar-refractivity contribution in [2.75, 3.05) is 20.0 Å². The zero-order valence-electron chi connectivity index (χ0n) is 12.2. The van der Waals surface area contributed by atoms with Crippen LogP contribution in [0.1, 0.15) is 0 Å². The fourth-order valence-electron chi connectivity index (χ4n) is 1.85. The van der Waals surface area contributed by atoms with Crippen molar-refractivity contribution >= 4 is 26.9 Å². The maximum atomic E-state index is 5.75. The van der Waals surface area contributed by atoms with Gasteiger partial charge in [0.05, 0.1) is 16.3 Å². The van der Waals surface area contributed by atoms with Crippen LogP contribution in [0.5, 0.6) is 0 Å². The minimum atomic E-state index is -0.778. The van der Waals surface area contributed by atoms with Gasteiger partial charge in [0.25, 0.3) is 0 Å². The van der Waals surface area contributed by atoms with E-state index in [0.29, 0.717) is 0 Å². The molecule has 2 rings (SSSR count). The van der Waals surface area contributed by atoms with Gasteiger partial charge in [-0.05, 0) is 0 Å². The molecule has 2 N–H and O–H groups in total. The van der Waals surface area contributed by atoms with Crippen LogP contribution >= 0.6 is 16.3 Å². The zero-order valence-corrected chi connectivity index (χ0v) is 14.0. The van der Waals surface area contributed by atoms with E-state index in [1.807, 2.05) is 36.4 Å². The summed E-state index contributed by atoms with van der Waals surface area (Å²) in [4.78, 5) is 0. The summed E-state index contributed by atoms with van der Waals surface area (Å²) in [6.07, 6.45) is 0. The Morgan fingerprint density at radius 1 is 0.714 bits per heavy atom. The van der Waals surface area contributed by atoms with Crippen LogP contribution in [0.25, 0.3) is 0 Å². The lowest BCUT2D eigenvalue weighted by Crippen LogP contribution is -2.17. The van der Waals surface area contributed by atoms with E-state index in [1.165, 1.54) is 10.6 Å². The van der Waals surface area contributed by atoms with Crippen LogP contribution < -0.4 is 21.6 Å². The molecule has 4 nitrogen and oxygen atoms in total. The van der Waals surface area contributed by atoms with Crippen LogP contribution in [0.15, 0.2) is 60.7 Å². The highest BCUT2D eigenvalue weighted by molar-refractivity contribution is 7.77. The van der Waals surface area contributed by atoms with Gasteiger partial charge in [-0.15, -0.1) is 0 Å². The van der Waals surface area contributed by atoms with Gasteiger partial charge in [-0.2, -0.15) is 0 Å². The van der Waals surface area contributed by atoms with Crippen molar-refractivity contribution in [3.05, 3.63) is 60.7 Å². The van der Waals surface area contributed by atoms with Gasteiger partial charge >= 0.3 is 0 Å². The molecule has 0 saturated heterocycles. The first-order chi connectivity index (χ1) is 10.3. The van der Waals surface area contributed by atoms with Crippen molar-refractivity contribution in [3.63, 3.8) is 0 Å². The first-order valence-electron chi connectivity index (χ1n) is 6.67. The van der Waals surface area contributed by atoms with Gasteiger partial charge in [-0.25, -0.2) is 11.0 Å². The third kappa shape index (κ3) is 5.12. The molecule has 2 atom stereocenters. The lowest BCUT2D eigenvalue weighted by molar-refractivity contribution is 0.250. The van der Waals surface area contributed by atoms with E-state index in [1.54, 1.807) is 14.1 Å². The summed E-state index contributed by atoms with van der Waals surface area (Å²) in [5.74, 6) is 0.834. The van der Waals surface area contributed by atoms with E-state index in [2.05, 4.69) is 35.2 Å². The molecule has 112 valence electrons.